The molecule has 0 spiro atoms. The standard InChI is InChI=1S/C13H18N2O2S/c1-3-14-13(17)9-6-7-11(16)15(2)12(9)10-5-4-8-18-10/h4-5,8-9,12H,3,6-7H2,1-2H3,(H,14,17). The third kappa shape index (κ3) is 2.41. The lowest BCUT2D eigenvalue weighted by atomic mass is 9.87. The first-order chi connectivity index (χ1) is 8.65. The number of hydrogen-bond donors (Lipinski definition) is 1. The number of carbonyl (C=O) groups is 2. The van der Waals surface area contributed by atoms with Crippen LogP contribution in [0.15, 0.2) is 17.5 Å². The number of nitrogens with zero attached hydrogens (tertiary/aromatic N) is 1. The number of amides is 2. The Morgan fingerprint density at radius 2 is 2.39 bits per heavy atom. The molecule has 1 N–H and O–H groups in total. The van der Waals surface area contributed by atoms with Crippen molar-refractivity contribution in [3.05, 3.63) is 22.4 Å². The highest BCUT2D eigenvalue weighted by atomic mass is 32.1. The van der Waals surface area contributed by atoms with E-state index in [-0.39, 0.29) is 23.8 Å². The highest BCUT2D eigenvalue weighted by Crippen LogP contribution is 2.37. The van der Waals surface area contributed by atoms with Crippen molar-refractivity contribution in [2.24, 2.45) is 5.92 Å². The second-order valence-corrected chi connectivity index (χ2v) is 5.48. The Morgan fingerprint density at radius 1 is 1.61 bits per heavy atom. The topological polar surface area (TPSA) is 49.4 Å². The fourth-order valence-corrected chi connectivity index (χ4v) is 3.40. The van der Waals surface area contributed by atoms with Crippen LogP contribution in [0.1, 0.15) is 30.7 Å². The molecule has 0 bridgehead atoms. The molecule has 1 fully saturated rings. The molecule has 0 radical (unpaired) electrons. The van der Waals surface area contributed by atoms with E-state index in [1.54, 1.807) is 23.3 Å². The Bertz CT molecular complexity index is 430. The third-order valence-corrected chi connectivity index (χ3v) is 4.33. The summed E-state index contributed by atoms with van der Waals surface area (Å²) in [6.07, 6.45) is 1.09. The van der Waals surface area contributed by atoms with E-state index >= 15 is 0 Å². The van der Waals surface area contributed by atoms with Gasteiger partial charge in [-0.1, -0.05) is 6.07 Å². The average molecular weight is 266 g/mol. The molecule has 2 heterocycles. The van der Waals surface area contributed by atoms with Gasteiger partial charge in [0.05, 0.1) is 12.0 Å². The first-order valence-corrected chi connectivity index (χ1v) is 7.10. The molecule has 1 aliphatic heterocycles. The molecular formula is C13H18N2O2S. The van der Waals surface area contributed by atoms with Crippen molar-refractivity contribution in [1.29, 1.82) is 0 Å². The van der Waals surface area contributed by atoms with Gasteiger partial charge in [0.15, 0.2) is 0 Å². The van der Waals surface area contributed by atoms with Crippen LogP contribution >= 0.6 is 11.3 Å². The van der Waals surface area contributed by atoms with Crippen LogP contribution in [0, 0.1) is 5.92 Å². The van der Waals surface area contributed by atoms with Crippen molar-refractivity contribution in [3.8, 4) is 0 Å². The molecule has 98 valence electrons. The maximum absolute atomic E-state index is 12.1. The average Bonchev–Trinajstić information content (AvgIpc) is 2.86. The smallest absolute Gasteiger partial charge is 0.225 e. The van der Waals surface area contributed by atoms with Gasteiger partial charge in [0.1, 0.15) is 0 Å². The van der Waals surface area contributed by atoms with Gasteiger partial charge in [-0.25, -0.2) is 0 Å². The highest BCUT2D eigenvalue weighted by molar-refractivity contribution is 7.10. The van der Waals surface area contributed by atoms with E-state index in [1.165, 1.54) is 0 Å². The van der Waals surface area contributed by atoms with E-state index in [0.29, 0.717) is 19.4 Å². The maximum Gasteiger partial charge on any atom is 0.225 e. The number of likely N-dealkylation sites (tertiary alicyclic amines) is 1. The molecule has 1 saturated heterocycles. The summed E-state index contributed by atoms with van der Waals surface area (Å²) in [5.41, 5.74) is 0. The molecular weight excluding hydrogens is 248 g/mol. The van der Waals surface area contributed by atoms with E-state index in [2.05, 4.69) is 5.32 Å². The summed E-state index contributed by atoms with van der Waals surface area (Å²) in [7, 11) is 1.79. The van der Waals surface area contributed by atoms with Crippen LogP contribution < -0.4 is 5.32 Å². The molecule has 2 amide bonds. The molecule has 0 saturated carbocycles. The van der Waals surface area contributed by atoms with Crippen LogP contribution in [-0.4, -0.2) is 30.3 Å². The van der Waals surface area contributed by atoms with Crippen molar-refractivity contribution in [2.75, 3.05) is 13.6 Å². The largest absolute Gasteiger partial charge is 0.356 e. The van der Waals surface area contributed by atoms with Gasteiger partial charge >= 0.3 is 0 Å². The number of rotatable bonds is 3. The lowest BCUT2D eigenvalue weighted by Crippen LogP contribution is -2.46. The minimum Gasteiger partial charge on any atom is -0.356 e. The third-order valence-electron chi connectivity index (χ3n) is 3.38. The summed E-state index contributed by atoms with van der Waals surface area (Å²) in [6, 6.07) is 3.84. The van der Waals surface area contributed by atoms with E-state index in [1.807, 2.05) is 24.4 Å². The van der Waals surface area contributed by atoms with Crippen LogP contribution in [0.25, 0.3) is 0 Å². The van der Waals surface area contributed by atoms with Crippen molar-refractivity contribution in [3.63, 3.8) is 0 Å². The maximum atomic E-state index is 12.1. The molecule has 0 aliphatic carbocycles. The fourth-order valence-electron chi connectivity index (χ4n) is 2.47. The molecule has 1 aromatic heterocycles. The van der Waals surface area contributed by atoms with Crippen molar-refractivity contribution in [2.45, 2.75) is 25.8 Å². The molecule has 5 heteroatoms. The number of thiophene rings is 1. The van der Waals surface area contributed by atoms with Gasteiger partial charge in [-0.05, 0) is 24.8 Å². The van der Waals surface area contributed by atoms with Crippen LogP contribution in [-0.2, 0) is 9.59 Å². The monoisotopic (exact) mass is 266 g/mol. The Hall–Kier alpha value is -1.36. The quantitative estimate of drug-likeness (QED) is 0.907. The zero-order chi connectivity index (χ0) is 13.1. The van der Waals surface area contributed by atoms with E-state index in [9.17, 15) is 9.59 Å². The van der Waals surface area contributed by atoms with Gasteiger partial charge in [-0.3, -0.25) is 9.59 Å². The Balaban J connectivity index is 2.27. The van der Waals surface area contributed by atoms with Crippen molar-refractivity contribution in [1.82, 2.24) is 10.2 Å². The van der Waals surface area contributed by atoms with Gasteiger partial charge < -0.3 is 10.2 Å². The lowest BCUT2D eigenvalue weighted by molar-refractivity contribution is -0.141. The Kier molecular flexibility index (Phi) is 4.01. The SMILES string of the molecule is CCNC(=O)C1CCC(=O)N(C)C1c1cccs1. The lowest BCUT2D eigenvalue weighted by Gasteiger charge is -2.37. The normalized spacial score (nSPS) is 24.1. The molecule has 1 aliphatic rings. The first-order valence-electron chi connectivity index (χ1n) is 6.22. The van der Waals surface area contributed by atoms with E-state index in [4.69, 9.17) is 0 Å². The van der Waals surface area contributed by atoms with Gasteiger partial charge in [0.25, 0.3) is 0 Å². The predicted octanol–water partition coefficient (Wildman–Crippen LogP) is 1.79. The second-order valence-electron chi connectivity index (χ2n) is 4.50. The summed E-state index contributed by atoms with van der Waals surface area (Å²) >= 11 is 1.60. The van der Waals surface area contributed by atoms with Crippen LogP contribution in [0.4, 0.5) is 0 Å². The molecule has 2 atom stereocenters. The van der Waals surface area contributed by atoms with Gasteiger partial charge in [0.2, 0.25) is 11.8 Å². The van der Waals surface area contributed by atoms with E-state index in [0.717, 1.165) is 4.88 Å². The minimum absolute atomic E-state index is 0.0512. The number of hydrogen-bond acceptors (Lipinski definition) is 3. The Morgan fingerprint density at radius 3 is 3.00 bits per heavy atom. The summed E-state index contributed by atoms with van der Waals surface area (Å²) < 4.78 is 0. The van der Waals surface area contributed by atoms with Crippen LogP contribution in [0.2, 0.25) is 0 Å². The van der Waals surface area contributed by atoms with Crippen molar-refractivity contribution >= 4 is 23.2 Å². The highest BCUT2D eigenvalue weighted by Gasteiger charge is 2.39. The zero-order valence-electron chi connectivity index (χ0n) is 10.7. The van der Waals surface area contributed by atoms with E-state index < -0.39 is 0 Å². The summed E-state index contributed by atoms with van der Waals surface area (Å²) in [4.78, 5) is 26.7. The van der Waals surface area contributed by atoms with Crippen molar-refractivity contribution < 1.29 is 9.59 Å². The first kappa shape index (κ1) is 13.1. The van der Waals surface area contributed by atoms with Gasteiger partial charge in [-0.2, -0.15) is 0 Å². The fraction of sp³-hybridized carbons (Fsp3) is 0.538. The molecule has 2 rings (SSSR count). The Labute approximate surface area is 111 Å². The number of piperidine rings is 1. The van der Waals surface area contributed by atoms with Crippen LogP contribution in [0.3, 0.4) is 0 Å². The van der Waals surface area contributed by atoms with Gasteiger partial charge in [-0.15, -0.1) is 11.3 Å². The molecule has 2 unspecified atom stereocenters. The zero-order valence-corrected chi connectivity index (χ0v) is 11.5. The summed E-state index contributed by atoms with van der Waals surface area (Å²) in [5.74, 6) is 0.0375. The molecule has 1 aromatic rings. The second kappa shape index (κ2) is 5.52. The molecule has 4 nitrogen and oxygen atoms in total. The summed E-state index contributed by atoms with van der Waals surface area (Å²) in [6.45, 7) is 2.54. The van der Waals surface area contributed by atoms with Gasteiger partial charge in [0, 0.05) is 24.9 Å². The molecule has 0 aromatic carbocycles. The number of carbonyl (C=O) groups excluding carboxylic acids is 2. The predicted molar refractivity (Wildman–Crippen MR) is 71.2 cm³/mol. The summed E-state index contributed by atoms with van der Waals surface area (Å²) in [5, 5.41) is 4.85. The molecule has 18 heavy (non-hydrogen) atoms. The number of nitrogens with one attached hydrogen (secondary N) is 1. The minimum atomic E-state index is -0.133. The van der Waals surface area contributed by atoms with Crippen LogP contribution in [0.5, 0.6) is 0 Å².